The van der Waals surface area contributed by atoms with Crippen LogP contribution in [0.15, 0.2) is 4.52 Å². The summed E-state index contributed by atoms with van der Waals surface area (Å²) in [5.74, 6) is 2.14. The lowest BCUT2D eigenvalue weighted by Crippen LogP contribution is -2.34. The molecule has 0 radical (unpaired) electrons. The molecule has 0 aliphatic carbocycles. The van der Waals surface area contributed by atoms with Crippen LogP contribution in [0.1, 0.15) is 62.7 Å². The smallest absolute Gasteiger partial charge is 0.231 e. The first kappa shape index (κ1) is 13.1. The maximum atomic E-state index is 5.52. The van der Waals surface area contributed by atoms with Gasteiger partial charge in [-0.05, 0) is 45.3 Å². The van der Waals surface area contributed by atoms with Gasteiger partial charge in [0.2, 0.25) is 5.89 Å². The number of likely N-dealkylation sites (N-methyl/N-ethyl adjacent to an activating group) is 1. The van der Waals surface area contributed by atoms with Gasteiger partial charge in [0.25, 0.3) is 0 Å². The van der Waals surface area contributed by atoms with Crippen molar-refractivity contribution in [1.82, 2.24) is 20.4 Å². The molecular weight excluding hydrogens is 240 g/mol. The molecule has 2 aliphatic rings. The maximum absolute atomic E-state index is 5.52. The zero-order valence-corrected chi connectivity index (χ0v) is 11.8. The summed E-state index contributed by atoms with van der Waals surface area (Å²) >= 11 is 0. The maximum Gasteiger partial charge on any atom is 0.231 e. The molecular formula is C14H24N4O. The predicted octanol–water partition coefficient (Wildman–Crippen LogP) is 2.08. The zero-order valence-electron chi connectivity index (χ0n) is 11.8. The minimum Gasteiger partial charge on any atom is -0.339 e. The second-order valence-corrected chi connectivity index (χ2v) is 5.73. The van der Waals surface area contributed by atoms with Crippen molar-refractivity contribution in [3.8, 4) is 0 Å². The Labute approximate surface area is 114 Å². The van der Waals surface area contributed by atoms with Gasteiger partial charge in [-0.3, -0.25) is 0 Å². The van der Waals surface area contributed by atoms with Crippen molar-refractivity contribution in [1.29, 1.82) is 0 Å². The van der Waals surface area contributed by atoms with Crippen LogP contribution in [0.4, 0.5) is 0 Å². The molecule has 2 unspecified atom stereocenters. The van der Waals surface area contributed by atoms with Crippen LogP contribution < -0.4 is 5.32 Å². The third-order valence-corrected chi connectivity index (χ3v) is 4.38. The van der Waals surface area contributed by atoms with Crippen LogP contribution in [0, 0.1) is 0 Å². The van der Waals surface area contributed by atoms with Crippen molar-refractivity contribution in [3.63, 3.8) is 0 Å². The van der Waals surface area contributed by atoms with Gasteiger partial charge >= 0.3 is 0 Å². The van der Waals surface area contributed by atoms with E-state index in [1.807, 2.05) is 0 Å². The SMILES string of the molecule is CCN1CCCC(c2nc(C3CCCCN3)no2)C1. The van der Waals surface area contributed by atoms with Gasteiger partial charge in [-0.2, -0.15) is 4.98 Å². The quantitative estimate of drug-likeness (QED) is 0.906. The summed E-state index contributed by atoms with van der Waals surface area (Å²) in [6, 6.07) is 0.303. The van der Waals surface area contributed by atoms with Crippen LogP contribution in [0.3, 0.4) is 0 Å². The molecule has 2 saturated heterocycles. The van der Waals surface area contributed by atoms with E-state index in [9.17, 15) is 0 Å². The summed E-state index contributed by atoms with van der Waals surface area (Å²) in [6.45, 7) is 6.67. The number of piperidine rings is 2. The Bertz CT molecular complexity index is 400. The van der Waals surface area contributed by atoms with Crippen molar-refractivity contribution in [2.75, 3.05) is 26.2 Å². The van der Waals surface area contributed by atoms with Crippen LogP contribution in [-0.4, -0.2) is 41.2 Å². The van der Waals surface area contributed by atoms with Gasteiger partial charge in [0.15, 0.2) is 5.82 Å². The Morgan fingerprint density at radius 2 is 2.26 bits per heavy atom. The second kappa shape index (κ2) is 6.01. The van der Waals surface area contributed by atoms with E-state index < -0.39 is 0 Å². The summed E-state index contributed by atoms with van der Waals surface area (Å²) < 4.78 is 5.52. The van der Waals surface area contributed by atoms with Gasteiger partial charge in [0, 0.05) is 6.54 Å². The third kappa shape index (κ3) is 2.98. The van der Waals surface area contributed by atoms with E-state index in [2.05, 4.69) is 27.3 Å². The molecule has 2 fully saturated rings. The fraction of sp³-hybridized carbons (Fsp3) is 0.857. The van der Waals surface area contributed by atoms with Crippen LogP contribution in [0.25, 0.3) is 0 Å². The lowest BCUT2D eigenvalue weighted by molar-refractivity contribution is 0.194. The predicted molar refractivity (Wildman–Crippen MR) is 73.0 cm³/mol. The molecule has 19 heavy (non-hydrogen) atoms. The number of rotatable bonds is 3. The molecule has 106 valence electrons. The highest BCUT2D eigenvalue weighted by Gasteiger charge is 2.27. The molecule has 0 bridgehead atoms. The first-order valence-corrected chi connectivity index (χ1v) is 7.66. The molecule has 1 aromatic heterocycles. The van der Waals surface area contributed by atoms with Crippen LogP contribution in [0.2, 0.25) is 0 Å². The molecule has 5 heteroatoms. The van der Waals surface area contributed by atoms with E-state index in [0.29, 0.717) is 12.0 Å². The van der Waals surface area contributed by atoms with Gasteiger partial charge in [-0.25, -0.2) is 0 Å². The van der Waals surface area contributed by atoms with Crippen molar-refractivity contribution < 1.29 is 4.52 Å². The molecule has 0 amide bonds. The van der Waals surface area contributed by atoms with Gasteiger partial charge in [0.05, 0.1) is 12.0 Å². The highest BCUT2D eigenvalue weighted by molar-refractivity contribution is 5.01. The van der Waals surface area contributed by atoms with Crippen molar-refractivity contribution in [2.45, 2.75) is 51.0 Å². The molecule has 2 atom stereocenters. The van der Waals surface area contributed by atoms with E-state index >= 15 is 0 Å². The normalized spacial score (nSPS) is 29.5. The summed E-state index contributed by atoms with van der Waals surface area (Å²) in [4.78, 5) is 7.13. The summed E-state index contributed by atoms with van der Waals surface area (Å²) in [5, 5.41) is 7.67. The number of hydrogen-bond acceptors (Lipinski definition) is 5. The van der Waals surface area contributed by atoms with E-state index in [0.717, 1.165) is 37.8 Å². The Morgan fingerprint density at radius 1 is 1.32 bits per heavy atom. The first-order valence-electron chi connectivity index (χ1n) is 7.66. The van der Waals surface area contributed by atoms with E-state index in [1.54, 1.807) is 0 Å². The topological polar surface area (TPSA) is 54.2 Å². The van der Waals surface area contributed by atoms with Crippen molar-refractivity contribution >= 4 is 0 Å². The van der Waals surface area contributed by atoms with Gasteiger partial charge < -0.3 is 14.7 Å². The van der Waals surface area contributed by atoms with Gasteiger partial charge in [-0.1, -0.05) is 18.5 Å². The number of likely N-dealkylation sites (tertiary alicyclic amines) is 1. The zero-order chi connectivity index (χ0) is 13.1. The van der Waals surface area contributed by atoms with Crippen LogP contribution in [-0.2, 0) is 0 Å². The summed E-state index contributed by atoms with van der Waals surface area (Å²) in [5.41, 5.74) is 0. The van der Waals surface area contributed by atoms with Crippen LogP contribution >= 0.6 is 0 Å². The van der Waals surface area contributed by atoms with E-state index in [-0.39, 0.29) is 0 Å². The molecule has 1 aromatic rings. The Morgan fingerprint density at radius 3 is 3.05 bits per heavy atom. The molecule has 0 aromatic carbocycles. The Kier molecular flexibility index (Phi) is 4.13. The largest absolute Gasteiger partial charge is 0.339 e. The Balaban J connectivity index is 1.66. The summed E-state index contributed by atoms with van der Waals surface area (Å²) in [6.07, 6.45) is 6.06. The standard InChI is InChI=1S/C14H24N4O/c1-2-18-9-5-6-11(10-18)14-16-13(17-19-14)12-7-3-4-8-15-12/h11-12,15H,2-10H2,1H3. The average molecular weight is 264 g/mol. The Hall–Kier alpha value is -0.940. The highest BCUT2D eigenvalue weighted by Crippen LogP contribution is 2.27. The van der Waals surface area contributed by atoms with Crippen molar-refractivity contribution in [3.05, 3.63) is 11.7 Å². The number of hydrogen-bond donors (Lipinski definition) is 1. The van der Waals surface area contributed by atoms with Crippen molar-refractivity contribution in [2.24, 2.45) is 0 Å². The molecule has 2 aliphatic heterocycles. The minimum absolute atomic E-state index is 0.303. The number of nitrogens with zero attached hydrogens (tertiary/aromatic N) is 3. The number of aromatic nitrogens is 2. The van der Waals surface area contributed by atoms with Gasteiger partial charge in [0.1, 0.15) is 0 Å². The van der Waals surface area contributed by atoms with E-state index in [4.69, 9.17) is 4.52 Å². The molecule has 5 nitrogen and oxygen atoms in total. The summed E-state index contributed by atoms with van der Waals surface area (Å²) in [7, 11) is 0. The average Bonchev–Trinajstić information content (AvgIpc) is 2.98. The van der Waals surface area contributed by atoms with Crippen LogP contribution in [0.5, 0.6) is 0 Å². The monoisotopic (exact) mass is 264 g/mol. The molecule has 3 rings (SSSR count). The first-order chi connectivity index (χ1) is 9.36. The molecule has 3 heterocycles. The molecule has 0 spiro atoms. The second-order valence-electron chi connectivity index (χ2n) is 5.73. The van der Waals surface area contributed by atoms with Gasteiger partial charge in [-0.15, -0.1) is 0 Å². The molecule has 0 saturated carbocycles. The molecule has 1 N–H and O–H groups in total. The highest BCUT2D eigenvalue weighted by atomic mass is 16.5. The van der Waals surface area contributed by atoms with E-state index in [1.165, 1.54) is 32.2 Å². The fourth-order valence-corrected chi connectivity index (χ4v) is 3.17. The fourth-order valence-electron chi connectivity index (χ4n) is 3.17. The number of nitrogens with one attached hydrogen (secondary N) is 1. The third-order valence-electron chi connectivity index (χ3n) is 4.38. The lowest BCUT2D eigenvalue weighted by Gasteiger charge is -2.29. The lowest BCUT2D eigenvalue weighted by atomic mass is 9.98. The minimum atomic E-state index is 0.303.